The predicted molar refractivity (Wildman–Crippen MR) is 341 cm³/mol. The number of benzene rings is 10. The third-order valence-electron chi connectivity index (χ3n) is 18.1. The number of fused-ring (bicyclic) bond motifs is 5. The molecule has 0 bridgehead atoms. The monoisotopic (exact) mass is 1040 g/mol. The van der Waals surface area contributed by atoms with Gasteiger partial charge in [-0.05, 0) is 219 Å². The van der Waals surface area contributed by atoms with Gasteiger partial charge in [-0.25, -0.2) is 0 Å². The lowest BCUT2D eigenvalue weighted by Gasteiger charge is -2.33. The number of nitrogens with zero attached hydrogens (tertiary/aromatic N) is 2. The van der Waals surface area contributed by atoms with E-state index in [2.05, 4.69) is 255 Å². The molecule has 10 aromatic rings. The zero-order valence-electron chi connectivity index (χ0n) is 47.2. The maximum absolute atomic E-state index is 2.60. The van der Waals surface area contributed by atoms with Crippen LogP contribution in [0.15, 0.2) is 224 Å². The minimum Gasteiger partial charge on any atom is -0.310 e. The third-order valence-corrected chi connectivity index (χ3v) is 18.1. The number of para-hydroxylation sites is 1. The summed E-state index contributed by atoms with van der Waals surface area (Å²) in [4.78, 5) is 4.83. The van der Waals surface area contributed by atoms with Crippen LogP contribution >= 0.6 is 0 Å². The largest absolute Gasteiger partial charge is 0.310 e. The van der Waals surface area contributed by atoms with Crippen LogP contribution in [0.25, 0.3) is 55.6 Å². The Morgan fingerprint density at radius 2 is 0.675 bits per heavy atom. The number of anilines is 6. The van der Waals surface area contributed by atoms with Crippen LogP contribution in [0.2, 0.25) is 0 Å². The molecular weight excluding hydrogens is 965 g/mol. The van der Waals surface area contributed by atoms with E-state index in [4.69, 9.17) is 0 Å². The molecule has 0 amide bonds. The van der Waals surface area contributed by atoms with Crippen LogP contribution in [-0.4, -0.2) is 0 Å². The highest BCUT2D eigenvalue weighted by Gasteiger charge is 2.42. The molecule has 0 atom stereocenters. The van der Waals surface area contributed by atoms with Crippen LogP contribution in [0.4, 0.5) is 34.1 Å². The summed E-state index contributed by atoms with van der Waals surface area (Å²) in [6, 6.07) is 85.7. The lowest BCUT2D eigenvalue weighted by atomic mass is 9.70. The third kappa shape index (κ3) is 10.00. The van der Waals surface area contributed by atoms with Crippen molar-refractivity contribution in [2.45, 2.75) is 116 Å². The van der Waals surface area contributed by atoms with Crippen LogP contribution < -0.4 is 9.80 Å². The maximum atomic E-state index is 2.60. The summed E-state index contributed by atoms with van der Waals surface area (Å²) in [5.74, 6) is 0. The highest BCUT2D eigenvalue weighted by atomic mass is 15.1. The fourth-order valence-electron chi connectivity index (χ4n) is 13.4. The van der Waals surface area contributed by atoms with Gasteiger partial charge in [0, 0.05) is 39.5 Å². The van der Waals surface area contributed by atoms with Gasteiger partial charge in [-0.1, -0.05) is 210 Å². The van der Waals surface area contributed by atoms with Crippen LogP contribution in [0.1, 0.15) is 117 Å². The molecule has 0 saturated carbocycles. The lowest BCUT2D eigenvalue weighted by molar-refractivity contribution is 0.401. The van der Waals surface area contributed by atoms with E-state index in [1.54, 1.807) is 0 Å². The number of hydrogen-bond donors (Lipinski definition) is 0. The Labute approximate surface area is 476 Å². The first-order valence-electron chi connectivity index (χ1n) is 30.1. The highest BCUT2D eigenvalue weighted by Crippen LogP contribution is 2.56. The predicted octanol–water partition coefficient (Wildman–Crippen LogP) is 22.0. The van der Waals surface area contributed by atoms with E-state index in [0.717, 1.165) is 47.0 Å². The van der Waals surface area contributed by atoms with E-state index in [-0.39, 0.29) is 5.41 Å². The van der Waals surface area contributed by atoms with Gasteiger partial charge in [-0.2, -0.15) is 0 Å². The average Bonchev–Trinajstić information content (AvgIpc) is 3.69. The van der Waals surface area contributed by atoms with Gasteiger partial charge in [-0.15, -0.1) is 0 Å². The first-order valence-corrected chi connectivity index (χ1v) is 30.1. The van der Waals surface area contributed by atoms with E-state index < -0.39 is 0 Å². The summed E-state index contributed by atoms with van der Waals surface area (Å²) in [5.41, 5.74) is 30.1. The Morgan fingerprint density at radius 1 is 0.300 bits per heavy atom. The molecule has 2 heteroatoms. The number of aryl methyl sites for hydroxylation is 5. The van der Waals surface area contributed by atoms with Crippen molar-refractivity contribution in [3.8, 4) is 55.6 Å². The highest BCUT2D eigenvalue weighted by molar-refractivity contribution is 5.88. The molecule has 0 spiro atoms. The molecular formula is C78H74N2. The number of unbranched alkanes of at least 4 members (excludes halogenated alkanes) is 6. The molecule has 2 nitrogen and oxygen atoms in total. The second-order valence-electron chi connectivity index (χ2n) is 23.2. The normalized spacial score (nSPS) is 13.3. The molecule has 0 saturated heterocycles. The zero-order valence-corrected chi connectivity index (χ0v) is 47.2. The van der Waals surface area contributed by atoms with E-state index in [1.165, 1.54) is 172 Å². The Morgan fingerprint density at radius 3 is 1.10 bits per heavy atom. The molecule has 3 aliphatic rings. The van der Waals surface area contributed by atoms with Gasteiger partial charge in [0.05, 0.1) is 0 Å². The molecule has 0 radical (unpaired) electrons. The first kappa shape index (κ1) is 51.3. The molecule has 0 aliphatic heterocycles. The molecule has 80 heavy (non-hydrogen) atoms. The van der Waals surface area contributed by atoms with Crippen molar-refractivity contribution >= 4 is 34.1 Å². The Bertz CT molecular complexity index is 3800. The molecule has 10 aromatic carbocycles. The standard InChI is InChI=1S/C78H74N2/c1-4-6-8-13-47-78(48-14-9-7-5-2)76-53-66(58-33-41-70(42-34-58)79(68-19-11-10-12-20-68)72-21-15-17-60(51-72)64-31-27-56-25-29-62(56)49-64)37-45-74(76)75-46-38-67(54-77(75)78)59-35-43-71(44-36-59)80(69-39-23-55(3)24-40-69)73-22-16-18-61(52-73)65-32-28-57-26-30-63(57)50-65/h10-12,15-24,27-28,31-46,49-54H,4-9,13-14,25-26,29-30,47-48H2,1-3H3. The summed E-state index contributed by atoms with van der Waals surface area (Å²) < 4.78 is 0. The Hall–Kier alpha value is -8.20. The zero-order chi connectivity index (χ0) is 54.0. The Kier molecular flexibility index (Phi) is 14.4. The first-order chi connectivity index (χ1) is 39.4. The quantitative estimate of drug-likeness (QED) is 0.0702. The molecule has 396 valence electrons. The van der Waals surface area contributed by atoms with Gasteiger partial charge < -0.3 is 9.80 Å². The summed E-state index contributed by atoms with van der Waals surface area (Å²) in [6.07, 6.45) is 17.1. The van der Waals surface area contributed by atoms with Crippen molar-refractivity contribution in [2.75, 3.05) is 9.80 Å². The van der Waals surface area contributed by atoms with Gasteiger partial charge in [0.15, 0.2) is 0 Å². The lowest BCUT2D eigenvalue weighted by Crippen LogP contribution is -2.25. The minimum absolute atomic E-state index is 0.0696. The van der Waals surface area contributed by atoms with E-state index in [1.807, 2.05) is 0 Å². The summed E-state index contributed by atoms with van der Waals surface area (Å²) in [7, 11) is 0. The number of hydrogen-bond acceptors (Lipinski definition) is 2. The molecule has 13 rings (SSSR count). The molecule has 0 heterocycles. The van der Waals surface area contributed by atoms with Crippen molar-refractivity contribution in [3.05, 3.63) is 263 Å². The molecule has 3 aliphatic carbocycles. The second kappa shape index (κ2) is 22.5. The van der Waals surface area contributed by atoms with Crippen molar-refractivity contribution < 1.29 is 0 Å². The van der Waals surface area contributed by atoms with Crippen molar-refractivity contribution in [3.63, 3.8) is 0 Å². The maximum Gasteiger partial charge on any atom is 0.0467 e. The van der Waals surface area contributed by atoms with E-state index in [9.17, 15) is 0 Å². The molecule has 0 N–H and O–H groups in total. The van der Waals surface area contributed by atoms with Gasteiger partial charge >= 0.3 is 0 Å². The van der Waals surface area contributed by atoms with Crippen molar-refractivity contribution in [1.82, 2.24) is 0 Å². The van der Waals surface area contributed by atoms with Crippen LogP contribution in [-0.2, 0) is 31.1 Å². The van der Waals surface area contributed by atoms with Gasteiger partial charge in [0.2, 0.25) is 0 Å². The summed E-state index contributed by atoms with van der Waals surface area (Å²) in [5, 5.41) is 0. The fraction of sp³-hybridized carbons (Fsp3) is 0.231. The van der Waals surface area contributed by atoms with E-state index in [0.29, 0.717) is 0 Å². The van der Waals surface area contributed by atoms with E-state index >= 15 is 0 Å². The minimum atomic E-state index is -0.0696. The molecule has 0 aromatic heterocycles. The van der Waals surface area contributed by atoms with Gasteiger partial charge in [0.25, 0.3) is 0 Å². The number of rotatable bonds is 20. The van der Waals surface area contributed by atoms with Crippen molar-refractivity contribution in [2.24, 2.45) is 0 Å². The second-order valence-corrected chi connectivity index (χ2v) is 23.2. The van der Waals surface area contributed by atoms with Gasteiger partial charge in [-0.3, -0.25) is 0 Å². The molecule has 0 unspecified atom stereocenters. The summed E-state index contributed by atoms with van der Waals surface area (Å²) >= 11 is 0. The van der Waals surface area contributed by atoms with Crippen LogP contribution in [0.3, 0.4) is 0 Å². The smallest absolute Gasteiger partial charge is 0.0467 e. The van der Waals surface area contributed by atoms with Crippen molar-refractivity contribution in [1.29, 1.82) is 0 Å². The topological polar surface area (TPSA) is 6.48 Å². The van der Waals surface area contributed by atoms with Crippen LogP contribution in [0.5, 0.6) is 0 Å². The average molecular weight is 1040 g/mol. The SMILES string of the molecule is CCCCCCC1(CCCCCC)c2cc(-c3ccc(N(c4ccccc4)c4cccc(-c5ccc6c(c5)CC6)c4)cc3)ccc2-c2ccc(-c3ccc(N(c4ccc(C)cc4)c4cccc(-c5ccc6c(c5)CC6)c4)cc3)cc21. The summed E-state index contributed by atoms with van der Waals surface area (Å²) in [6.45, 7) is 6.85. The molecule has 0 fully saturated rings. The van der Waals surface area contributed by atoms with Gasteiger partial charge in [0.1, 0.15) is 0 Å². The Balaban J connectivity index is 0.843. The fourth-order valence-corrected chi connectivity index (χ4v) is 13.4. The van der Waals surface area contributed by atoms with Crippen LogP contribution in [0, 0.1) is 6.92 Å².